The van der Waals surface area contributed by atoms with Crippen LogP contribution in [0.3, 0.4) is 0 Å². The van der Waals surface area contributed by atoms with Crippen molar-refractivity contribution in [2.45, 2.75) is 18.9 Å². The Morgan fingerprint density at radius 3 is 2.73 bits per heavy atom. The van der Waals surface area contributed by atoms with Crippen LogP contribution in [0.2, 0.25) is 0 Å². The van der Waals surface area contributed by atoms with Crippen LogP contribution in [0.15, 0.2) is 12.1 Å². The van der Waals surface area contributed by atoms with E-state index in [1.807, 2.05) is 0 Å². The van der Waals surface area contributed by atoms with E-state index in [4.69, 9.17) is 10.8 Å². The van der Waals surface area contributed by atoms with Gasteiger partial charge < -0.3 is 16.2 Å². The van der Waals surface area contributed by atoms with Gasteiger partial charge in [0.25, 0.3) is 0 Å². The number of nitrogens with one attached hydrogen (secondary N) is 1. The predicted molar refractivity (Wildman–Crippen MR) is 54.4 cm³/mol. The smallest absolute Gasteiger partial charge is 0.340 e. The molecule has 1 aliphatic rings. The largest absolute Gasteiger partial charge is 0.478 e. The normalized spacial score (nSPS) is 15.0. The highest BCUT2D eigenvalue weighted by atomic mass is 19.1. The number of hydrogen-bond donors (Lipinski definition) is 3. The first-order valence-electron chi connectivity index (χ1n) is 4.67. The van der Waals surface area contributed by atoms with Gasteiger partial charge in [-0.25, -0.2) is 9.18 Å². The number of anilines is 2. The lowest BCUT2D eigenvalue weighted by molar-refractivity contribution is 0.0698. The van der Waals surface area contributed by atoms with E-state index in [1.165, 1.54) is 12.1 Å². The van der Waals surface area contributed by atoms with Crippen molar-refractivity contribution in [1.82, 2.24) is 0 Å². The Kier molecular flexibility index (Phi) is 2.22. The molecule has 2 rings (SSSR count). The zero-order chi connectivity index (χ0) is 11.0. The van der Waals surface area contributed by atoms with E-state index < -0.39 is 11.8 Å². The van der Waals surface area contributed by atoms with Gasteiger partial charge in [0.1, 0.15) is 11.4 Å². The Morgan fingerprint density at radius 2 is 2.20 bits per heavy atom. The molecule has 0 radical (unpaired) electrons. The standard InChI is InChI=1S/C10H11FN2O2/c11-6-3-4-7(13-5-1-2-5)8(9(6)12)10(14)15/h3-5,13H,1-2,12H2,(H,14,15). The predicted octanol–water partition coefficient (Wildman–Crippen LogP) is 1.68. The van der Waals surface area contributed by atoms with Gasteiger partial charge in [0.05, 0.1) is 11.4 Å². The highest BCUT2D eigenvalue weighted by Gasteiger charge is 2.25. The first-order chi connectivity index (χ1) is 7.09. The van der Waals surface area contributed by atoms with E-state index in [0.717, 1.165) is 12.8 Å². The molecular weight excluding hydrogens is 199 g/mol. The highest BCUT2D eigenvalue weighted by Crippen LogP contribution is 2.30. The Hall–Kier alpha value is -1.78. The van der Waals surface area contributed by atoms with Crippen molar-refractivity contribution in [2.24, 2.45) is 0 Å². The van der Waals surface area contributed by atoms with Crippen molar-refractivity contribution in [3.8, 4) is 0 Å². The molecule has 5 heteroatoms. The first-order valence-corrected chi connectivity index (χ1v) is 4.67. The van der Waals surface area contributed by atoms with E-state index in [-0.39, 0.29) is 11.3 Å². The number of nitrogen functional groups attached to an aromatic ring is 1. The molecule has 0 unspecified atom stereocenters. The van der Waals surface area contributed by atoms with Crippen LogP contribution in [-0.2, 0) is 0 Å². The van der Waals surface area contributed by atoms with Crippen molar-refractivity contribution in [3.63, 3.8) is 0 Å². The third-order valence-electron chi connectivity index (χ3n) is 2.34. The minimum absolute atomic E-state index is 0.179. The van der Waals surface area contributed by atoms with E-state index in [0.29, 0.717) is 11.7 Å². The molecule has 1 aromatic carbocycles. The monoisotopic (exact) mass is 210 g/mol. The van der Waals surface area contributed by atoms with Gasteiger partial charge in [-0.05, 0) is 25.0 Å². The minimum Gasteiger partial charge on any atom is -0.478 e. The fraction of sp³-hybridized carbons (Fsp3) is 0.300. The zero-order valence-corrected chi connectivity index (χ0v) is 7.96. The number of carbonyl (C=O) groups is 1. The summed E-state index contributed by atoms with van der Waals surface area (Å²) in [4.78, 5) is 10.9. The lowest BCUT2D eigenvalue weighted by atomic mass is 10.1. The summed E-state index contributed by atoms with van der Waals surface area (Å²) >= 11 is 0. The molecule has 0 bridgehead atoms. The van der Waals surface area contributed by atoms with Crippen LogP contribution >= 0.6 is 0 Å². The average Bonchev–Trinajstić information content (AvgIpc) is 2.95. The first kappa shape index (κ1) is 9.76. The van der Waals surface area contributed by atoms with Gasteiger partial charge in [-0.3, -0.25) is 0 Å². The highest BCUT2D eigenvalue weighted by molar-refractivity contribution is 6.00. The van der Waals surface area contributed by atoms with Crippen LogP contribution in [0.4, 0.5) is 15.8 Å². The SMILES string of the molecule is Nc1c(F)ccc(NC2CC2)c1C(=O)O. The summed E-state index contributed by atoms with van der Waals surface area (Å²) in [6.45, 7) is 0. The van der Waals surface area contributed by atoms with Crippen molar-refractivity contribution in [2.75, 3.05) is 11.1 Å². The number of benzene rings is 1. The van der Waals surface area contributed by atoms with E-state index in [9.17, 15) is 9.18 Å². The van der Waals surface area contributed by atoms with Gasteiger partial charge in [-0.15, -0.1) is 0 Å². The van der Waals surface area contributed by atoms with Crippen LogP contribution in [0, 0.1) is 5.82 Å². The fourth-order valence-corrected chi connectivity index (χ4v) is 1.39. The molecule has 80 valence electrons. The third kappa shape index (κ3) is 1.86. The quantitative estimate of drug-likeness (QED) is 0.663. The molecule has 15 heavy (non-hydrogen) atoms. The molecule has 4 N–H and O–H groups in total. The average molecular weight is 210 g/mol. The number of hydrogen-bond acceptors (Lipinski definition) is 3. The Morgan fingerprint density at radius 1 is 1.53 bits per heavy atom. The van der Waals surface area contributed by atoms with Gasteiger partial charge in [0.15, 0.2) is 0 Å². The van der Waals surface area contributed by atoms with Gasteiger partial charge >= 0.3 is 5.97 Å². The number of carboxylic acid groups (broad SMARTS) is 1. The molecule has 0 saturated heterocycles. The number of carboxylic acids is 1. The number of aromatic carboxylic acids is 1. The van der Waals surface area contributed by atoms with Crippen LogP contribution in [-0.4, -0.2) is 17.1 Å². The maximum Gasteiger partial charge on any atom is 0.340 e. The number of halogens is 1. The molecule has 0 aromatic heterocycles. The topological polar surface area (TPSA) is 75.3 Å². The van der Waals surface area contributed by atoms with Crippen LogP contribution in [0.1, 0.15) is 23.2 Å². The third-order valence-corrected chi connectivity index (χ3v) is 2.34. The molecule has 0 amide bonds. The second-order valence-corrected chi connectivity index (χ2v) is 3.61. The van der Waals surface area contributed by atoms with Crippen LogP contribution in [0.25, 0.3) is 0 Å². The molecule has 1 aliphatic carbocycles. The van der Waals surface area contributed by atoms with Crippen LogP contribution in [0.5, 0.6) is 0 Å². The summed E-state index contributed by atoms with van der Waals surface area (Å²) in [5.74, 6) is -1.91. The van der Waals surface area contributed by atoms with E-state index in [1.54, 1.807) is 0 Å². The van der Waals surface area contributed by atoms with Crippen molar-refractivity contribution >= 4 is 17.3 Å². The summed E-state index contributed by atoms with van der Waals surface area (Å²) in [7, 11) is 0. The lowest BCUT2D eigenvalue weighted by Crippen LogP contribution is -2.11. The molecule has 0 aliphatic heterocycles. The molecule has 0 atom stereocenters. The van der Waals surface area contributed by atoms with Gasteiger partial charge in [0.2, 0.25) is 0 Å². The maximum atomic E-state index is 13.1. The molecule has 0 spiro atoms. The number of rotatable bonds is 3. The van der Waals surface area contributed by atoms with Gasteiger partial charge in [-0.2, -0.15) is 0 Å². The summed E-state index contributed by atoms with van der Waals surface area (Å²) in [6.07, 6.45) is 2.02. The van der Waals surface area contributed by atoms with Crippen molar-refractivity contribution in [3.05, 3.63) is 23.5 Å². The Bertz CT molecular complexity index is 416. The maximum absolute atomic E-state index is 13.1. The Labute approximate surface area is 85.9 Å². The zero-order valence-electron chi connectivity index (χ0n) is 7.96. The fourth-order valence-electron chi connectivity index (χ4n) is 1.39. The summed E-state index contributed by atoms with van der Waals surface area (Å²) in [5, 5.41) is 11.9. The van der Waals surface area contributed by atoms with Crippen LogP contribution < -0.4 is 11.1 Å². The van der Waals surface area contributed by atoms with E-state index >= 15 is 0 Å². The summed E-state index contributed by atoms with van der Waals surface area (Å²) in [5.41, 5.74) is 5.29. The molecule has 1 aromatic rings. The van der Waals surface area contributed by atoms with Gasteiger partial charge in [-0.1, -0.05) is 0 Å². The summed E-state index contributed by atoms with van der Waals surface area (Å²) in [6, 6.07) is 2.88. The van der Waals surface area contributed by atoms with Crippen molar-refractivity contribution < 1.29 is 14.3 Å². The second-order valence-electron chi connectivity index (χ2n) is 3.61. The Balaban J connectivity index is 2.42. The van der Waals surface area contributed by atoms with E-state index in [2.05, 4.69) is 5.32 Å². The van der Waals surface area contributed by atoms with Gasteiger partial charge in [0, 0.05) is 6.04 Å². The van der Waals surface area contributed by atoms with Crippen molar-refractivity contribution in [1.29, 1.82) is 0 Å². The molecule has 1 saturated carbocycles. The lowest BCUT2D eigenvalue weighted by Gasteiger charge is -2.10. The molecule has 1 fully saturated rings. The second kappa shape index (κ2) is 3.42. The minimum atomic E-state index is -1.21. The molecular formula is C10H11FN2O2. The number of nitrogens with two attached hydrogens (primary N) is 1. The molecule has 0 heterocycles. The molecule has 4 nitrogen and oxygen atoms in total. The summed E-state index contributed by atoms with van der Waals surface area (Å²) < 4.78 is 13.1.